The van der Waals surface area contributed by atoms with Crippen LogP contribution in [0.15, 0.2) is 42.0 Å². The first-order chi connectivity index (χ1) is 7.25. The van der Waals surface area contributed by atoms with Crippen LogP contribution in [0.4, 0.5) is 0 Å². The second kappa shape index (κ2) is 6.10. The third kappa shape index (κ3) is 3.38. The molecule has 0 atom stereocenters. The van der Waals surface area contributed by atoms with Crippen molar-refractivity contribution in [1.29, 1.82) is 0 Å². The van der Waals surface area contributed by atoms with Gasteiger partial charge in [-0.05, 0) is 24.4 Å². The lowest BCUT2D eigenvalue weighted by molar-refractivity contribution is -0.683. The Balaban J connectivity index is 0.00000128. The maximum atomic E-state index is 11.8. The van der Waals surface area contributed by atoms with Gasteiger partial charge in [0.1, 0.15) is 0 Å². The van der Waals surface area contributed by atoms with Crippen molar-refractivity contribution in [3.63, 3.8) is 0 Å². The summed E-state index contributed by atoms with van der Waals surface area (Å²) in [5.74, 6) is 0.167. The van der Waals surface area contributed by atoms with E-state index in [0.29, 0.717) is 6.54 Å². The summed E-state index contributed by atoms with van der Waals surface area (Å²) in [5.41, 5.74) is 1.16. The molecule has 0 saturated carbocycles. The summed E-state index contributed by atoms with van der Waals surface area (Å²) in [6.45, 7) is 2.44. The number of aryl methyl sites for hydroxylation is 1. The number of thiophene rings is 1. The molecule has 0 saturated heterocycles. The van der Waals surface area contributed by atoms with Gasteiger partial charge in [0.2, 0.25) is 12.3 Å². The van der Waals surface area contributed by atoms with Crippen molar-refractivity contribution in [2.24, 2.45) is 0 Å². The van der Waals surface area contributed by atoms with Crippen molar-refractivity contribution < 1.29 is 33.3 Å². The average molecular weight is 345 g/mol. The Morgan fingerprint density at radius 3 is 2.81 bits per heavy atom. The van der Waals surface area contributed by atoms with Gasteiger partial charge >= 0.3 is 0 Å². The van der Waals surface area contributed by atoms with Gasteiger partial charge in [-0.1, -0.05) is 6.07 Å². The lowest BCUT2D eigenvalue weighted by atomic mass is 10.3. The minimum Gasteiger partial charge on any atom is -1.00 e. The van der Waals surface area contributed by atoms with E-state index in [1.165, 1.54) is 11.3 Å². The van der Waals surface area contributed by atoms with E-state index in [9.17, 15) is 4.79 Å². The number of nitrogens with zero attached hydrogens (tertiary/aromatic N) is 1. The van der Waals surface area contributed by atoms with Crippen LogP contribution in [0.5, 0.6) is 0 Å². The monoisotopic (exact) mass is 345 g/mol. The molecule has 16 heavy (non-hydrogen) atoms. The average Bonchev–Trinajstić information content (AvgIpc) is 2.70. The maximum Gasteiger partial charge on any atom is 0.237 e. The van der Waals surface area contributed by atoms with E-state index in [0.717, 1.165) is 10.4 Å². The second-order valence-corrected chi connectivity index (χ2v) is 4.40. The Morgan fingerprint density at radius 2 is 2.19 bits per heavy atom. The minimum absolute atomic E-state index is 0. The van der Waals surface area contributed by atoms with Crippen LogP contribution >= 0.6 is 11.3 Å². The topological polar surface area (TPSA) is 20.9 Å². The van der Waals surface area contributed by atoms with Gasteiger partial charge < -0.3 is 24.0 Å². The van der Waals surface area contributed by atoms with Crippen LogP contribution in [0.2, 0.25) is 0 Å². The molecular weight excluding hydrogens is 333 g/mol. The number of Topliss-reactive ketones (excluding diaryl/α,β-unsaturated/α-hetero) is 1. The van der Waals surface area contributed by atoms with Crippen LogP contribution in [0.1, 0.15) is 15.2 Å². The van der Waals surface area contributed by atoms with Crippen LogP contribution in [0, 0.1) is 6.92 Å². The first kappa shape index (κ1) is 13.3. The van der Waals surface area contributed by atoms with E-state index >= 15 is 0 Å². The van der Waals surface area contributed by atoms with Crippen LogP contribution in [-0.2, 0) is 6.54 Å². The summed E-state index contributed by atoms with van der Waals surface area (Å²) >= 11 is 1.49. The van der Waals surface area contributed by atoms with E-state index < -0.39 is 0 Å². The van der Waals surface area contributed by atoms with E-state index in [1.54, 1.807) is 0 Å². The molecule has 84 valence electrons. The molecule has 0 aliphatic heterocycles. The first-order valence-electron chi connectivity index (χ1n) is 4.78. The third-order valence-electron chi connectivity index (χ3n) is 2.13. The third-order valence-corrected chi connectivity index (χ3v) is 3.04. The molecule has 0 aliphatic carbocycles. The summed E-state index contributed by atoms with van der Waals surface area (Å²) < 4.78 is 1.91. The van der Waals surface area contributed by atoms with E-state index in [2.05, 4.69) is 0 Å². The molecule has 0 aromatic carbocycles. The molecule has 0 aliphatic rings. The number of hydrogen-bond acceptors (Lipinski definition) is 2. The lowest BCUT2D eigenvalue weighted by Crippen LogP contribution is -3.00. The van der Waals surface area contributed by atoms with E-state index in [1.807, 2.05) is 53.5 Å². The summed E-state index contributed by atoms with van der Waals surface area (Å²) in [5, 5.41) is 1.92. The van der Waals surface area contributed by atoms with Crippen LogP contribution in [-0.4, -0.2) is 5.78 Å². The van der Waals surface area contributed by atoms with Crippen LogP contribution in [0.25, 0.3) is 0 Å². The Labute approximate surface area is 116 Å². The fraction of sp³-hybridized carbons (Fsp3) is 0.167. The Hall–Kier alpha value is -0.750. The summed E-state index contributed by atoms with van der Waals surface area (Å²) in [6.07, 6.45) is 3.89. The van der Waals surface area contributed by atoms with Crippen LogP contribution in [0.3, 0.4) is 0 Å². The maximum absolute atomic E-state index is 11.8. The zero-order chi connectivity index (χ0) is 10.7. The summed E-state index contributed by atoms with van der Waals surface area (Å²) in [7, 11) is 0. The quantitative estimate of drug-likeness (QED) is 0.407. The molecule has 0 radical (unpaired) electrons. The molecule has 0 bridgehead atoms. The molecule has 2 aromatic heterocycles. The van der Waals surface area contributed by atoms with Gasteiger partial charge in [0.15, 0.2) is 12.4 Å². The molecular formula is C12H12INOS. The molecule has 0 fully saturated rings. The molecule has 2 rings (SSSR count). The largest absolute Gasteiger partial charge is 1.00 e. The number of hydrogen-bond donors (Lipinski definition) is 0. The Kier molecular flexibility index (Phi) is 5.08. The SMILES string of the molecule is Cc1ccc[n+](CC(=O)c2cccs2)c1.[I-]. The highest BCUT2D eigenvalue weighted by Gasteiger charge is 2.12. The zero-order valence-electron chi connectivity index (χ0n) is 8.89. The molecule has 4 heteroatoms. The zero-order valence-corrected chi connectivity index (χ0v) is 11.9. The van der Waals surface area contributed by atoms with Crippen molar-refractivity contribution >= 4 is 17.1 Å². The smallest absolute Gasteiger partial charge is 0.237 e. The van der Waals surface area contributed by atoms with Crippen molar-refractivity contribution in [2.45, 2.75) is 13.5 Å². The summed E-state index contributed by atoms with van der Waals surface area (Å²) in [6, 6.07) is 7.74. The first-order valence-corrected chi connectivity index (χ1v) is 5.66. The highest BCUT2D eigenvalue weighted by atomic mass is 127. The number of rotatable bonds is 3. The Morgan fingerprint density at radius 1 is 1.38 bits per heavy atom. The number of halogens is 1. The van der Waals surface area contributed by atoms with Crippen molar-refractivity contribution in [2.75, 3.05) is 0 Å². The molecule has 0 amide bonds. The summed E-state index contributed by atoms with van der Waals surface area (Å²) in [4.78, 5) is 12.6. The number of aromatic nitrogens is 1. The molecule has 0 N–H and O–H groups in total. The van der Waals surface area contributed by atoms with Crippen LogP contribution < -0.4 is 28.5 Å². The van der Waals surface area contributed by atoms with E-state index in [4.69, 9.17) is 0 Å². The number of pyridine rings is 1. The number of carbonyl (C=O) groups excluding carboxylic acids is 1. The second-order valence-electron chi connectivity index (χ2n) is 3.45. The van der Waals surface area contributed by atoms with Gasteiger partial charge in [-0.2, -0.15) is 4.57 Å². The van der Waals surface area contributed by atoms with Gasteiger partial charge in [0.25, 0.3) is 0 Å². The molecule has 2 aromatic rings. The Bertz CT molecular complexity index is 468. The van der Waals surface area contributed by atoms with Gasteiger partial charge in [0, 0.05) is 11.6 Å². The number of carbonyl (C=O) groups is 1. The van der Waals surface area contributed by atoms with Gasteiger partial charge in [-0.15, -0.1) is 11.3 Å². The fourth-order valence-electron chi connectivity index (χ4n) is 1.43. The van der Waals surface area contributed by atoms with Crippen molar-refractivity contribution in [3.05, 3.63) is 52.5 Å². The molecule has 0 unspecified atom stereocenters. The highest BCUT2D eigenvalue weighted by Crippen LogP contribution is 2.08. The standard InChI is InChI=1S/C12H12NOS.HI/c1-10-4-2-6-13(8-10)9-11(14)12-5-3-7-15-12;/h2-8H,9H2,1H3;1H/q+1;/p-1. The predicted octanol–water partition coefficient (Wildman–Crippen LogP) is -0.769. The molecule has 0 spiro atoms. The van der Waals surface area contributed by atoms with Gasteiger partial charge in [-0.25, -0.2) is 0 Å². The number of ketones is 1. The predicted molar refractivity (Wildman–Crippen MR) is 60.0 cm³/mol. The van der Waals surface area contributed by atoms with E-state index in [-0.39, 0.29) is 29.8 Å². The highest BCUT2D eigenvalue weighted by molar-refractivity contribution is 7.12. The lowest BCUT2D eigenvalue weighted by Gasteiger charge is -1.95. The van der Waals surface area contributed by atoms with Crippen molar-refractivity contribution in [1.82, 2.24) is 0 Å². The van der Waals surface area contributed by atoms with Gasteiger partial charge in [-0.3, -0.25) is 4.79 Å². The molecule has 2 heterocycles. The van der Waals surface area contributed by atoms with Gasteiger partial charge in [0.05, 0.1) is 4.88 Å². The van der Waals surface area contributed by atoms with Crippen molar-refractivity contribution in [3.8, 4) is 0 Å². The fourth-order valence-corrected chi connectivity index (χ4v) is 2.09. The molecule has 2 nitrogen and oxygen atoms in total. The normalized spacial score (nSPS) is 9.56. The minimum atomic E-state index is 0.